The zero-order valence-electron chi connectivity index (χ0n) is 16.8. The lowest BCUT2D eigenvalue weighted by molar-refractivity contribution is -0.120. The van der Waals surface area contributed by atoms with Crippen LogP contribution in [0.25, 0.3) is 0 Å². The van der Waals surface area contributed by atoms with Crippen molar-refractivity contribution in [1.82, 2.24) is 16.0 Å². The van der Waals surface area contributed by atoms with Crippen molar-refractivity contribution in [2.45, 2.75) is 25.8 Å². The molecule has 1 unspecified atom stereocenters. The number of nitrogens with one attached hydrogen (secondary N) is 3. The lowest BCUT2D eigenvalue weighted by atomic mass is 10.0. The van der Waals surface area contributed by atoms with E-state index in [0.29, 0.717) is 31.3 Å². The molecular weight excluding hydrogens is 476 g/mol. The monoisotopic (exact) mass is 507 g/mol. The van der Waals surface area contributed by atoms with Crippen LogP contribution in [-0.4, -0.2) is 64.9 Å². The third-order valence-corrected chi connectivity index (χ3v) is 4.47. The van der Waals surface area contributed by atoms with E-state index in [9.17, 15) is 9.18 Å². The Bertz CT molecular complexity index is 659. The Morgan fingerprint density at radius 1 is 1.39 bits per heavy atom. The molecule has 28 heavy (non-hydrogen) atoms. The van der Waals surface area contributed by atoms with E-state index in [1.165, 1.54) is 6.07 Å². The van der Waals surface area contributed by atoms with Gasteiger partial charge in [0, 0.05) is 39.8 Å². The summed E-state index contributed by atoms with van der Waals surface area (Å²) in [4.78, 5) is 18.0. The summed E-state index contributed by atoms with van der Waals surface area (Å²) in [5.74, 6) is 0.243. The second-order valence-electron chi connectivity index (χ2n) is 6.65. The van der Waals surface area contributed by atoms with E-state index < -0.39 is 0 Å². The zero-order valence-corrected chi connectivity index (χ0v) is 19.1. The maximum absolute atomic E-state index is 14.2. The van der Waals surface area contributed by atoms with Gasteiger partial charge < -0.3 is 25.6 Å². The largest absolute Gasteiger partial charge is 0.383 e. The Hall–Kier alpha value is -1.62. The fourth-order valence-corrected chi connectivity index (χ4v) is 3.09. The van der Waals surface area contributed by atoms with Gasteiger partial charge >= 0.3 is 0 Å². The molecule has 1 aromatic rings. The fraction of sp³-hybridized carbons (Fsp3) is 0.579. The molecular formula is C19H31FIN5O2. The minimum absolute atomic E-state index is 0. The van der Waals surface area contributed by atoms with Gasteiger partial charge in [-0.3, -0.25) is 9.79 Å². The fourth-order valence-electron chi connectivity index (χ4n) is 3.09. The van der Waals surface area contributed by atoms with Gasteiger partial charge in [0.25, 0.3) is 0 Å². The normalized spacial score (nSPS) is 16.9. The minimum Gasteiger partial charge on any atom is -0.383 e. The Kier molecular flexibility index (Phi) is 11.1. The molecule has 1 amide bonds. The van der Waals surface area contributed by atoms with E-state index in [1.807, 2.05) is 13.0 Å². The van der Waals surface area contributed by atoms with Crippen molar-refractivity contribution < 1.29 is 13.9 Å². The van der Waals surface area contributed by atoms with Crippen LogP contribution in [0.2, 0.25) is 0 Å². The van der Waals surface area contributed by atoms with E-state index in [4.69, 9.17) is 4.74 Å². The molecule has 0 bridgehead atoms. The van der Waals surface area contributed by atoms with Crippen LogP contribution in [0.4, 0.5) is 10.1 Å². The maximum Gasteiger partial charge on any atom is 0.239 e. The topological polar surface area (TPSA) is 78.0 Å². The van der Waals surface area contributed by atoms with E-state index in [1.54, 1.807) is 20.2 Å². The third-order valence-electron chi connectivity index (χ3n) is 4.47. The quantitative estimate of drug-likeness (QED) is 0.227. The summed E-state index contributed by atoms with van der Waals surface area (Å²) in [7, 11) is 3.26. The van der Waals surface area contributed by atoms with Crippen molar-refractivity contribution >= 4 is 41.5 Å². The predicted octanol–water partition coefficient (Wildman–Crippen LogP) is 1.65. The number of nitrogens with zero attached hydrogens (tertiary/aromatic N) is 2. The summed E-state index contributed by atoms with van der Waals surface area (Å²) >= 11 is 0. The number of hydrogen-bond donors (Lipinski definition) is 3. The van der Waals surface area contributed by atoms with Crippen molar-refractivity contribution in [3.63, 3.8) is 0 Å². The van der Waals surface area contributed by atoms with E-state index >= 15 is 0 Å². The number of guanidine groups is 1. The van der Waals surface area contributed by atoms with Gasteiger partial charge in [-0.05, 0) is 37.5 Å². The smallest absolute Gasteiger partial charge is 0.239 e. The van der Waals surface area contributed by atoms with Crippen LogP contribution >= 0.6 is 24.0 Å². The summed E-state index contributed by atoms with van der Waals surface area (Å²) in [5, 5.41) is 9.09. The van der Waals surface area contributed by atoms with Crippen LogP contribution in [0.5, 0.6) is 0 Å². The molecule has 2 rings (SSSR count). The summed E-state index contributed by atoms with van der Waals surface area (Å²) in [6, 6.07) is 5.31. The number of carbonyl (C=O) groups is 1. The molecule has 0 radical (unpaired) electrons. The summed E-state index contributed by atoms with van der Waals surface area (Å²) in [6.45, 7) is 4.56. The van der Waals surface area contributed by atoms with E-state index in [2.05, 4.69) is 25.8 Å². The lowest BCUT2D eigenvalue weighted by Gasteiger charge is -2.35. The van der Waals surface area contributed by atoms with Crippen LogP contribution in [0.3, 0.4) is 0 Å². The summed E-state index contributed by atoms with van der Waals surface area (Å²) in [5.41, 5.74) is 1.68. The summed E-state index contributed by atoms with van der Waals surface area (Å²) < 4.78 is 19.1. The van der Waals surface area contributed by atoms with Gasteiger partial charge in [0.2, 0.25) is 5.91 Å². The number of anilines is 1. The molecule has 9 heteroatoms. The maximum atomic E-state index is 14.2. The number of halogens is 2. The van der Waals surface area contributed by atoms with Gasteiger partial charge in [0.1, 0.15) is 5.82 Å². The third kappa shape index (κ3) is 7.78. The Morgan fingerprint density at radius 2 is 2.18 bits per heavy atom. The number of benzene rings is 1. The van der Waals surface area contributed by atoms with Gasteiger partial charge in [-0.25, -0.2) is 4.39 Å². The van der Waals surface area contributed by atoms with Gasteiger partial charge in [0.05, 0.1) is 18.8 Å². The SMILES string of the molecule is CN=C(NCC(=O)NCCOC)NC1CCCN(c2cc(C)ccc2F)C1.I. The molecule has 3 N–H and O–H groups in total. The number of methoxy groups -OCH3 is 1. The summed E-state index contributed by atoms with van der Waals surface area (Å²) in [6.07, 6.45) is 1.92. The molecule has 1 aliphatic heterocycles. The first-order chi connectivity index (χ1) is 13.0. The van der Waals surface area contributed by atoms with Gasteiger partial charge in [-0.1, -0.05) is 6.07 Å². The van der Waals surface area contributed by atoms with Crippen molar-refractivity contribution in [3.05, 3.63) is 29.6 Å². The van der Waals surface area contributed by atoms with Gasteiger partial charge in [-0.15, -0.1) is 24.0 Å². The molecule has 1 aromatic carbocycles. The van der Waals surface area contributed by atoms with Crippen molar-refractivity contribution in [2.24, 2.45) is 4.99 Å². The van der Waals surface area contributed by atoms with Crippen LogP contribution in [0.1, 0.15) is 18.4 Å². The lowest BCUT2D eigenvalue weighted by Crippen LogP contribution is -2.52. The number of aryl methyl sites for hydroxylation is 1. The van der Waals surface area contributed by atoms with Crippen LogP contribution in [0, 0.1) is 12.7 Å². The molecule has 7 nitrogen and oxygen atoms in total. The van der Waals surface area contributed by atoms with E-state index in [0.717, 1.165) is 24.9 Å². The van der Waals surface area contributed by atoms with Gasteiger partial charge in [0.15, 0.2) is 5.96 Å². The predicted molar refractivity (Wildman–Crippen MR) is 121 cm³/mol. The highest BCUT2D eigenvalue weighted by Gasteiger charge is 2.23. The zero-order chi connectivity index (χ0) is 19.6. The molecule has 158 valence electrons. The number of rotatable bonds is 7. The van der Waals surface area contributed by atoms with Crippen LogP contribution < -0.4 is 20.9 Å². The molecule has 0 saturated carbocycles. The first-order valence-corrected chi connectivity index (χ1v) is 9.27. The molecule has 0 aromatic heterocycles. The molecule has 0 spiro atoms. The molecule has 0 aliphatic carbocycles. The number of piperidine rings is 1. The van der Waals surface area contributed by atoms with Crippen LogP contribution in [-0.2, 0) is 9.53 Å². The van der Waals surface area contributed by atoms with Crippen molar-refractivity contribution in [1.29, 1.82) is 0 Å². The van der Waals surface area contributed by atoms with E-state index in [-0.39, 0.29) is 48.3 Å². The molecule has 1 heterocycles. The Balaban J connectivity index is 0.00000392. The molecule has 1 aliphatic rings. The average Bonchev–Trinajstić information content (AvgIpc) is 2.67. The molecule has 1 fully saturated rings. The number of aliphatic imine (C=N–C) groups is 1. The number of carbonyl (C=O) groups excluding carboxylic acids is 1. The highest BCUT2D eigenvalue weighted by molar-refractivity contribution is 14.0. The molecule has 1 saturated heterocycles. The molecule has 1 atom stereocenters. The second kappa shape index (κ2) is 12.8. The minimum atomic E-state index is -0.198. The van der Waals surface area contributed by atoms with Crippen molar-refractivity contribution in [2.75, 3.05) is 51.8 Å². The standard InChI is InChI=1S/C19H30FN5O2.HI/c1-14-6-7-16(20)17(11-14)25-9-4-5-15(13-25)24-19(21-2)23-12-18(26)22-8-10-27-3;/h6-7,11,15H,4-5,8-10,12-13H2,1-3H3,(H,22,26)(H2,21,23,24);1H. The van der Waals surface area contributed by atoms with Gasteiger partial charge in [-0.2, -0.15) is 0 Å². The first kappa shape index (κ1) is 24.4. The highest BCUT2D eigenvalue weighted by atomic mass is 127. The van der Waals surface area contributed by atoms with Crippen LogP contribution in [0.15, 0.2) is 23.2 Å². The first-order valence-electron chi connectivity index (χ1n) is 9.27. The number of amides is 1. The Labute approximate surface area is 183 Å². The highest BCUT2D eigenvalue weighted by Crippen LogP contribution is 2.24. The Morgan fingerprint density at radius 3 is 2.89 bits per heavy atom. The van der Waals surface area contributed by atoms with Crippen molar-refractivity contribution in [3.8, 4) is 0 Å². The second-order valence-corrected chi connectivity index (χ2v) is 6.65. The number of hydrogen-bond acceptors (Lipinski definition) is 4. The average molecular weight is 507 g/mol. The number of ether oxygens (including phenoxy) is 1.